The maximum Gasteiger partial charge on any atom is 0.169 e. The van der Waals surface area contributed by atoms with Crippen LogP contribution in [0.2, 0.25) is 0 Å². The van der Waals surface area contributed by atoms with E-state index in [1.54, 1.807) is 81.7 Å². The van der Waals surface area contributed by atoms with Gasteiger partial charge in [0.15, 0.2) is 46.0 Å². The fourth-order valence-corrected chi connectivity index (χ4v) is 4.94. The Kier molecular flexibility index (Phi) is 17.6. The maximum absolute atomic E-state index is 5.38. The highest BCUT2D eigenvalue weighted by molar-refractivity contribution is 5.87. The molecule has 0 unspecified atom stereocenters. The van der Waals surface area contributed by atoms with Crippen LogP contribution in [0.1, 0.15) is 22.3 Å². The zero-order valence-electron chi connectivity index (χ0n) is 31.1. The summed E-state index contributed by atoms with van der Waals surface area (Å²) >= 11 is 0. The Hall–Kier alpha value is -6.04. The number of ether oxygens (including phenoxy) is 8. The van der Waals surface area contributed by atoms with E-state index in [1.807, 2.05) is 72.8 Å². The van der Waals surface area contributed by atoms with Gasteiger partial charge in [-0.3, -0.25) is 20.0 Å². The van der Waals surface area contributed by atoms with Crippen molar-refractivity contribution in [3.05, 3.63) is 95.1 Å². The van der Waals surface area contributed by atoms with Crippen LogP contribution in [0.3, 0.4) is 0 Å². The van der Waals surface area contributed by atoms with Gasteiger partial charge in [-0.25, -0.2) is 0 Å². The molecule has 0 aromatic heterocycles. The highest BCUT2D eigenvalue weighted by Gasteiger charge is 2.10. The van der Waals surface area contributed by atoms with Gasteiger partial charge >= 0.3 is 0 Å². The lowest BCUT2D eigenvalue weighted by Crippen LogP contribution is -1.97. The average Bonchev–Trinajstić information content (AvgIpc) is 3.19. The zero-order valence-corrected chi connectivity index (χ0v) is 31.1. The highest BCUT2D eigenvalue weighted by Crippen LogP contribution is 2.32. The molecule has 0 aliphatic carbocycles. The molecule has 0 atom stereocenters. The van der Waals surface area contributed by atoms with Crippen LogP contribution in [0.25, 0.3) is 0 Å². The first-order chi connectivity index (χ1) is 25.5. The van der Waals surface area contributed by atoms with Crippen LogP contribution in [-0.4, -0.2) is 108 Å². The van der Waals surface area contributed by atoms with Crippen LogP contribution in [0.15, 0.2) is 92.8 Å². The van der Waals surface area contributed by atoms with E-state index in [2.05, 4.69) is 20.0 Å². The van der Waals surface area contributed by atoms with Crippen molar-refractivity contribution in [3.63, 3.8) is 0 Å². The van der Waals surface area contributed by atoms with Gasteiger partial charge in [-0.05, 0) is 48.5 Å². The lowest BCUT2D eigenvalue weighted by molar-refractivity contribution is 0.354. The monoisotopic (exact) mass is 712 g/mol. The second kappa shape index (κ2) is 22.6. The predicted octanol–water partition coefficient (Wildman–Crippen LogP) is 6.52. The molecule has 4 aromatic rings. The number of aliphatic imine (C=N–C) groups is 4. The third-order valence-electron chi connectivity index (χ3n) is 7.37. The third-order valence-corrected chi connectivity index (χ3v) is 7.37. The quantitative estimate of drug-likeness (QED) is 0.0845. The molecule has 0 radical (unpaired) electrons. The Balaban J connectivity index is 0.000000280. The second-order valence-corrected chi connectivity index (χ2v) is 10.5. The smallest absolute Gasteiger partial charge is 0.169 e. The van der Waals surface area contributed by atoms with Crippen molar-refractivity contribution in [3.8, 4) is 46.0 Å². The van der Waals surface area contributed by atoms with Gasteiger partial charge in [0, 0.05) is 47.1 Å². The van der Waals surface area contributed by atoms with E-state index in [1.165, 1.54) is 0 Å². The topological polar surface area (TPSA) is 123 Å². The molecule has 0 fully saturated rings. The molecule has 52 heavy (non-hydrogen) atoms. The summed E-state index contributed by atoms with van der Waals surface area (Å²) in [7, 11) is 12.9. The molecule has 12 nitrogen and oxygen atoms in total. The number of rotatable bonds is 18. The normalized spacial score (nSPS) is 11.1. The Bertz CT molecular complexity index is 1540. The van der Waals surface area contributed by atoms with Crippen molar-refractivity contribution in [2.24, 2.45) is 20.0 Å². The number of para-hydroxylation sites is 4. The fraction of sp³-hybridized carbons (Fsp3) is 0.300. The summed E-state index contributed by atoms with van der Waals surface area (Å²) in [6.45, 7) is 2.23. The molecular formula is C40H48N4O8. The van der Waals surface area contributed by atoms with E-state index in [-0.39, 0.29) is 0 Å². The van der Waals surface area contributed by atoms with Crippen LogP contribution in [-0.2, 0) is 0 Å². The van der Waals surface area contributed by atoms with Gasteiger partial charge in [0.05, 0.1) is 83.1 Å². The minimum absolute atomic E-state index is 0.559. The average molecular weight is 713 g/mol. The molecule has 0 spiro atoms. The SMILES string of the molecule is COc1cccc(C=NCCN=Cc2cccc(OC)c2OC)c1OC.COc1cccc(C=NCCN=Cc2cccc(OC)c2OC)c1OC. The minimum Gasteiger partial charge on any atom is -0.493 e. The van der Waals surface area contributed by atoms with Gasteiger partial charge < -0.3 is 37.9 Å². The van der Waals surface area contributed by atoms with Gasteiger partial charge in [0.2, 0.25) is 0 Å². The Labute approximate surface area is 306 Å². The van der Waals surface area contributed by atoms with Crippen LogP contribution in [0.4, 0.5) is 0 Å². The Morgan fingerprint density at radius 2 is 0.538 bits per heavy atom. The van der Waals surface area contributed by atoms with E-state index in [4.69, 9.17) is 37.9 Å². The molecule has 0 aliphatic heterocycles. The van der Waals surface area contributed by atoms with Crippen molar-refractivity contribution in [2.75, 3.05) is 83.1 Å². The van der Waals surface area contributed by atoms with Crippen LogP contribution < -0.4 is 37.9 Å². The van der Waals surface area contributed by atoms with E-state index in [0.29, 0.717) is 72.2 Å². The number of benzene rings is 4. The van der Waals surface area contributed by atoms with E-state index in [9.17, 15) is 0 Å². The summed E-state index contributed by atoms with van der Waals surface area (Å²) < 4.78 is 42.6. The third kappa shape index (κ3) is 11.5. The first-order valence-electron chi connectivity index (χ1n) is 16.3. The van der Waals surface area contributed by atoms with Gasteiger partial charge in [-0.2, -0.15) is 0 Å². The van der Waals surface area contributed by atoms with E-state index < -0.39 is 0 Å². The van der Waals surface area contributed by atoms with Gasteiger partial charge in [0.1, 0.15) is 0 Å². The fourth-order valence-electron chi connectivity index (χ4n) is 4.94. The maximum atomic E-state index is 5.38. The number of nitrogens with zero attached hydrogens (tertiary/aromatic N) is 4. The first-order valence-corrected chi connectivity index (χ1v) is 16.3. The summed E-state index contributed by atoms with van der Waals surface area (Å²) in [6.07, 6.45) is 7.07. The summed E-state index contributed by atoms with van der Waals surface area (Å²) in [4.78, 5) is 17.6. The molecule has 4 aromatic carbocycles. The highest BCUT2D eigenvalue weighted by atomic mass is 16.5. The van der Waals surface area contributed by atoms with Crippen molar-refractivity contribution < 1.29 is 37.9 Å². The molecule has 0 amide bonds. The molecule has 0 bridgehead atoms. The molecule has 0 N–H and O–H groups in total. The molecule has 4 rings (SSSR count). The van der Waals surface area contributed by atoms with E-state index >= 15 is 0 Å². The standard InChI is InChI=1S/2C20H24N2O4/c2*1-23-17-9-5-7-15(19(17)25-3)13-21-11-12-22-14-16-8-6-10-18(24-2)20(16)26-4/h2*5-10,13-14H,11-12H2,1-4H3. The van der Waals surface area contributed by atoms with Crippen LogP contribution in [0, 0.1) is 0 Å². The molecule has 0 saturated carbocycles. The van der Waals surface area contributed by atoms with Gasteiger partial charge in [0.25, 0.3) is 0 Å². The summed E-state index contributed by atoms with van der Waals surface area (Å²) in [6, 6.07) is 22.7. The number of hydrogen-bond acceptors (Lipinski definition) is 12. The van der Waals surface area contributed by atoms with Crippen molar-refractivity contribution in [1.82, 2.24) is 0 Å². The summed E-state index contributed by atoms with van der Waals surface area (Å²) in [5.74, 6) is 5.40. The van der Waals surface area contributed by atoms with Crippen molar-refractivity contribution >= 4 is 24.9 Å². The second-order valence-electron chi connectivity index (χ2n) is 10.5. The summed E-state index contributed by atoms with van der Waals surface area (Å²) in [5.41, 5.74) is 3.46. The Morgan fingerprint density at radius 3 is 0.712 bits per heavy atom. The molecule has 0 aliphatic rings. The van der Waals surface area contributed by atoms with Crippen molar-refractivity contribution in [1.29, 1.82) is 0 Å². The lowest BCUT2D eigenvalue weighted by Gasteiger charge is -2.09. The van der Waals surface area contributed by atoms with Gasteiger partial charge in [-0.1, -0.05) is 24.3 Å². The molecule has 0 saturated heterocycles. The molecule has 0 heterocycles. The first kappa shape index (κ1) is 40.4. The van der Waals surface area contributed by atoms with Gasteiger partial charge in [-0.15, -0.1) is 0 Å². The van der Waals surface area contributed by atoms with E-state index in [0.717, 1.165) is 22.3 Å². The zero-order chi connectivity index (χ0) is 37.6. The minimum atomic E-state index is 0.559. The largest absolute Gasteiger partial charge is 0.493 e. The summed E-state index contributed by atoms with van der Waals surface area (Å²) in [5, 5.41) is 0. The number of methoxy groups -OCH3 is 8. The van der Waals surface area contributed by atoms with Crippen LogP contribution in [0.5, 0.6) is 46.0 Å². The number of hydrogen-bond donors (Lipinski definition) is 0. The molecule has 276 valence electrons. The Morgan fingerprint density at radius 1 is 0.327 bits per heavy atom. The van der Waals surface area contributed by atoms with Crippen molar-refractivity contribution in [2.45, 2.75) is 0 Å². The lowest BCUT2D eigenvalue weighted by atomic mass is 10.2. The molecular weight excluding hydrogens is 664 g/mol. The predicted molar refractivity (Wildman–Crippen MR) is 208 cm³/mol. The van der Waals surface area contributed by atoms with Crippen LogP contribution >= 0.6 is 0 Å². The molecule has 12 heteroatoms.